The fraction of sp³-hybridized carbons (Fsp3) is 0.571. The van der Waals surface area contributed by atoms with E-state index in [1.54, 1.807) is 6.07 Å². The summed E-state index contributed by atoms with van der Waals surface area (Å²) in [7, 11) is -3.59. The molecule has 0 saturated carbocycles. The largest absolute Gasteiger partial charge is 0.398 e. The Hall–Kier alpha value is -0.780. The summed E-state index contributed by atoms with van der Waals surface area (Å²) in [6.07, 6.45) is 0. The average molecular weight is 319 g/mol. The second kappa shape index (κ2) is 6.78. The van der Waals surface area contributed by atoms with E-state index in [9.17, 15) is 8.42 Å². The average Bonchev–Trinajstić information content (AvgIpc) is 2.26. The Balaban J connectivity index is 3.21. The zero-order valence-corrected chi connectivity index (χ0v) is 14.0. The predicted molar refractivity (Wildman–Crippen MR) is 84.3 cm³/mol. The summed E-state index contributed by atoms with van der Waals surface area (Å²) in [5, 5.41) is 0.431. The molecular formula is C14H23ClN2O2S. The van der Waals surface area contributed by atoms with Crippen LogP contribution in [0.2, 0.25) is 5.02 Å². The van der Waals surface area contributed by atoms with Gasteiger partial charge in [0.25, 0.3) is 0 Å². The monoisotopic (exact) mass is 318 g/mol. The number of nitrogen functional groups attached to an aromatic ring is 1. The molecule has 2 N–H and O–H groups in total. The predicted octanol–water partition coefficient (Wildman–Crippen LogP) is 3.22. The number of hydrogen-bond acceptors (Lipinski definition) is 3. The first-order valence-electron chi connectivity index (χ1n) is 6.69. The van der Waals surface area contributed by atoms with Crippen LogP contribution in [-0.2, 0) is 10.0 Å². The van der Waals surface area contributed by atoms with Gasteiger partial charge in [-0.15, -0.1) is 0 Å². The Labute approximate surface area is 127 Å². The SMILES string of the molecule is CC(C)CN(CC(C)C)S(=O)(=O)c1ccc(Cl)cc1N. The Morgan fingerprint density at radius 1 is 1.15 bits per heavy atom. The molecule has 0 aliphatic carbocycles. The van der Waals surface area contributed by atoms with Crippen molar-refractivity contribution >= 4 is 27.3 Å². The quantitative estimate of drug-likeness (QED) is 0.819. The zero-order chi connectivity index (χ0) is 15.5. The number of benzene rings is 1. The molecule has 0 aromatic heterocycles. The molecule has 0 saturated heterocycles. The number of nitrogens with zero attached hydrogens (tertiary/aromatic N) is 1. The zero-order valence-electron chi connectivity index (χ0n) is 12.4. The van der Waals surface area contributed by atoms with Gasteiger partial charge in [0.2, 0.25) is 10.0 Å². The van der Waals surface area contributed by atoms with Crippen molar-refractivity contribution in [3.05, 3.63) is 23.2 Å². The molecule has 0 aliphatic rings. The minimum atomic E-state index is -3.59. The number of anilines is 1. The summed E-state index contributed by atoms with van der Waals surface area (Å²) in [6.45, 7) is 8.93. The van der Waals surface area contributed by atoms with E-state index < -0.39 is 10.0 Å². The van der Waals surface area contributed by atoms with Gasteiger partial charge in [0, 0.05) is 18.1 Å². The number of nitrogens with two attached hydrogens (primary N) is 1. The summed E-state index contributed by atoms with van der Waals surface area (Å²) >= 11 is 5.83. The summed E-state index contributed by atoms with van der Waals surface area (Å²) in [5.74, 6) is 0.495. The van der Waals surface area contributed by atoms with Crippen LogP contribution in [0.1, 0.15) is 27.7 Å². The smallest absolute Gasteiger partial charge is 0.245 e. The summed E-state index contributed by atoms with van der Waals surface area (Å²) in [5.41, 5.74) is 6.01. The van der Waals surface area contributed by atoms with E-state index >= 15 is 0 Å². The molecular weight excluding hydrogens is 296 g/mol. The van der Waals surface area contributed by atoms with Gasteiger partial charge in [0.05, 0.1) is 5.69 Å². The number of rotatable bonds is 6. The van der Waals surface area contributed by atoms with Gasteiger partial charge in [-0.2, -0.15) is 4.31 Å². The van der Waals surface area contributed by atoms with Crippen molar-refractivity contribution in [2.75, 3.05) is 18.8 Å². The van der Waals surface area contributed by atoms with Crippen LogP contribution in [0.25, 0.3) is 0 Å². The van der Waals surface area contributed by atoms with Gasteiger partial charge < -0.3 is 5.73 Å². The molecule has 1 rings (SSSR count). The molecule has 0 atom stereocenters. The minimum Gasteiger partial charge on any atom is -0.398 e. The number of halogens is 1. The third kappa shape index (κ3) is 4.36. The summed E-state index contributed by atoms with van der Waals surface area (Å²) in [4.78, 5) is 0.128. The van der Waals surface area contributed by atoms with Crippen molar-refractivity contribution in [3.8, 4) is 0 Å². The van der Waals surface area contributed by atoms with Crippen LogP contribution in [-0.4, -0.2) is 25.8 Å². The van der Waals surface area contributed by atoms with Crippen molar-refractivity contribution in [2.45, 2.75) is 32.6 Å². The van der Waals surface area contributed by atoms with E-state index in [1.165, 1.54) is 16.4 Å². The lowest BCUT2D eigenvalue weighted by atomic mass is 10.2. The molecule has 4 nitrogen and oxygen atoms in total. The van der Waals surface area contributed by atoms with E-state index in [0.29, 0.717) is 18.1 Å². The molecule has 0 aliphatic heterocycles. The van der Waals surface area contributed by atoms with E-state index in [2.05, 4.69) is 0 Å². The highest BCUT2D eigenvalue weighted by atomic mass is 35.5. The normalized spacial score (nSPS) is 12.6. The Kier molecular flexibility index (Phi) is 5.86. The van der Waals surface area contributed by atoms with Gasteiger partial charge in [-0.3, -0.25) is 0 Å². The third-order valence-corrected chi connectivity index (χ3v) is 4.87. The van der Waals surface area contributed by atoms with E-state index in [-0.39, 0.29) is 22.4 Å². The lowest BCUT2D eigenvalue weighted by Gasteiger charge is -2.26. The van der Waals surface area contributed by atoms with Gasteiger partial charge in [-0.1, -0.05) is 39.3 Å². The Bertz CT molecular complexity index is 546. The van der Waals surface area contributed by atoms with Crippen molar-refractivity contribution < 1.29 is 8.42 Å². The maximum Gasteiger partial charge on any atom is 0.245 e. The third-order valence-electron chi connectivity index (χ3n) is 2.73. The highest BCUT2D eigenvalue weighted by Gasteiger charge is 2.27. The fourth-order valence-electron chi connectivity index (χ4n) is 1.98. The van der Waals surface area contributed by atoms with Gasteiger partial charge in [0.1, 0.15) is 4.90 Å². The van der Waals surface area contributed by atoms with Gasteiger partial charge in [-0.25, -0.2) is 8.42 Å². The van der Waals surface area contributed by atoms with Crippen LogP contribution in [0.4, 0.5) is 5.69 Å². The molecule has 0 heterocycles. The molecule has 114 valence electrons. The van der Waals surface area contributed by atoms with Crippen LogP contribution in [0.3, 0.4) is 0 Å². The number of sulfonamides is 1. The van der Waals surface area contributed by atoms with Crippen LogP contribution >= 0.6 is 11.6 Å². The van der Waals surface area contributed by atoms with Gasteiger partial charge >= 0.3 is 0 Å². The first kappa shape index (κ1) is 17.3. The molecule has 20 heavy (non-hydrogen) atoms. The van der Waals surface area contributed by atoms with E-state index in [4.69, 9.17) is 17.3 Å². The Morgan fingerprint density at radius 2 is 1.65 bits per heavy atom. The second-order valence-electron chi connectivity index (χ2n) is 5.79. The standard InChI is InChI=1S/C14H23ClN2O2S/c1-10(2)8-17(9-11(3)4)20(18,19)14-6-5-12(15)7-13(14)16/h5-7,10-11H,8-9,16H2,1-4H3. The van der Waals surface area contributed by atoms with Crippen molar-refractivity contribution in [3.63, 3.8) is 0 Å². The molecule has 1 aromatic carbocycles. The van der Waals surface area contributed by atoms with Crippen LogP contribution in [0.15, 0.2) is 23.1 Å². The summed E-state index contributed by atoms with van der Waals surface area (Å²) in [6, 6.07) is 4.49. The fourth-order valence-corrected chi connectivity index (χ4v) is 4.02. The van der Waals surface area contributed by atoms with Gasteiger partial charge in [0.15, 0.2) is 0 Å². The van der Waals surface area contributed by atoms with Crippen LogP contribution in [0, 0.1) is 11.8 Å². The first-order chi connectivity index (χ1) is 9.14. The van der Waals surface area contributed by atoms with E-state index in [0.717, 1.165) is 0 Å². The lowest BCUT2D eigenvalue weighted by Crippen LogP contribution is -2.37. The molecule has 0 spiro atoms. The molecule has 0 bridgehead atoms. The number of hydrogen-bond donors (Lipinski definition) is 1. The van der Waals surface area contributed by atoms with Crippen molar-refractivity contribution in [1.29, 1.82) is 0 Å². The topological polar surface area (TPSA) is 63.4 Å². The summed E-state index contributed by atoms with van der Waals surface area (Å²) < 4.78 is 27.0. The Morgan fingerprint density at radius 3 is 2.05 bits per heavy atom. The molecule has 0 radical (unpaired) electrons. The van der Waals surface area contributed by atoms with Crippen LogP contribution in [0.5, 0.6) is 0 Å². The molecule has 0 unspecified atom stereocenters. The maximum atomic E-state index is 12.7. The van der Waals surface area contributed by atoms with E-state index in [1.807, 2.05) is 27.7 Å². The van der Waals surface area contributed by atoms with Crippen LogP contribution < -0.4 is 5.73 Å². The molecule has 6 heteroatoms. The highest BCUT2D eigenvalue weighted by molar-refractivity contribution is 7.89. The van der Waals surface area contributed by atoms with Crippen molar-refractivity contribution in [2.24, 2.45) is 11.8 Å². The first-order valence-corrected chi connectivity index (χ1v) is 8.51. The molecule has 0 fully saturated rings. The maximum absolute atomic E-state index is 12.7. The highest BCUT2D eigenvalue weighted by Crippen LogP contribution is 2.26. The minimum absolute atomic E-state index is 0.128. The molecule has 0 amide bonds. The second-order valence-corrected chi connectivity index (χ2v) is 8.13. The van der Waals surface area contributed by atoms with Crippen molar-refractivity contribution in [1.82, 2.24) is 4.31 Å². The molecule has 1 aromatic rings. The lowest BCUT2D eigenvalue weighted by molar-refractivity contribution is 0.333. The van der Waals surface area contributed by atoms with Gasteiger partial charge in [-0.05, 0) is 30.0 Å².